The van der Waals surface area contributed by atoms with Gasteiger partial charge < -0.3 is 15.4 Å². The molecule has 3 heterocycles. The monoisotopic (exact) mass is 659 g/mol. The van der Waals surface area contributed by atoms with Gasteiger partial charge in [-0.25, -0.2) is 13.2 Å². The van der Waals surface area contributed by atoms with Gasteiger partial charge in [-0.2, -0.15) is 0 Å². The van der Waals surface area contributed by atoms with Crippen molar-refractivity contribution in [3.8, 4) is 5.75 Å². The lowest BCUT2D eigenvalue weighted by molar-refractivity contribution is 0.170. The number of fused-ring (bicyclic) bond motifs is 2. The molecule has 2 aliphatic rings. The molecule has 11 nitrogen and oxygen atoms in total. The third kappa shape index (κ3) is 6.66. The van der Waals surface area contributed by atoms with Gasteiger partial charge in [0, 0.05) is 5.69 Å². The van der Waals surface area contributed by atoms with Crippen molar-refractivity contribution in [2.45, 2.75) is 83.4 Å². The number of urea groups is 1. The second-order valence-electron chi connectivity index (χ2n) is 14.2. The summed E-state index contributed by atoms with van der Waals surface area (Å²) in [7, 11) is -1.38. The number of rotatable bonds is 7. The molecule has 0 spiro atoms. The number of amides is 2. The highest BCUT2D eigenvalue weighted by Crippen LogP contribution is 2.40. The lowest BCUT2D eigenvalue weighted by Crippen LogP contribution is -2.37. The zero-order chi connectivity index (χ0) is 33.7. The van der Waals surface area contributed by atoms with E-state index in [0.717, 1.165) is 59.6 Å². The first-order chi connectivity index (χ1) is 22.1. The van der Waals surface area contributed by atoms with E-state index in [1.165, 1.54) is 0 Å². The summed E-state index contributed by atoms with van der Waals surface area (Å²) in [5.74, 6) is 1.65. The maximum atomic E-state index is 13.5. The van der Waals surface area contributed by atoms with E-state index in [0.29, 0.717) is 29.8 Å². The van der Waals surface area contributed by atoms with Gasteiger partial charge in [0.1, 0.15) is 11.9 Å². The van der Waals surface area contributed by atoms with Crippen LogP contribution >= 0.6 is 0 Å². The number of anilines is 2. The molecule has 0 bridgehead atoms. The summed E-state index contributed by atoms with van der Waals surface area (Å²) < 4.78 is 35.4. The van der Waals surface area contributed by atoms with Gasteiger partial charge in [-0.05, 0) is 105 Å². The number of hydrogen-bond acceptors (Lipinski definition) is 7. The van der Waals surface area contributed by atoms with E-state index in [-0.39, 0.29) is 29.1 Å². The van der Waals surface area contributed by atoms with Crippen LogP contribution in [0.2, 0.25) is 0 Å². The Morgan fingerprint density at radius 1 is 1.04 bits per heavy atom. The molecule has 1 fully saturated rings. The molecule has 1 unspecified atom stereocenters. The highest BCUT2D eigenvalue weighted by molar-refractivity contribution is 7.92. The molecule has 6 rings (SSSR count). The fourth-order valence-electron chi connectivity index (χ4n) is 6.78. The average molecular weight is 660 g/mol. The van der Waals surface area contributed by atoms with Gasteiger partial charge in [0.05, 0.1) is 29.7 Å². The van der Waals surface area contributed by atoms with Gasteiger partial charge in [-0.1, -0.05) is 45.0 Å². The highest BCUT2D eigenvalue weighted by atomic mass is 32.2. The summed E-state index contributed by atoms with van der Waals surface area (Å²) in [5.41, 5.74) is 4.89. The predicted molar refractivity (Wildman–Crippen MR) is 184 cm³/mol. The first-order valence-corrected chi connectivity index (χ1v) is 18.0. The van der Waals surface area contributed by atoms with Gasteiger partial charge in [0.25, 0.3) is 0 Å². The topological polar surface area (TPSA) is 130 Å². The number of ether oxygens (including phenoxy) is 1. The zero-order valence-corrected chi connectivity index (χ0v) is 29.0. The summed E-state index contributed by atoms with van der Waals surface area (Å²) in [6.07, 6.45) is 6.44. The van der Waals surface area contributed by atoms with E-state index in [9.17, 15) is 13.2 Å². The molecule has 1 aliphatic carbocycles. The van der Waals surface area contributed by atoms with E-state index in [2.05, 4.69) is 50.5 Å². The fraction of sp³-hybridized carbons (Fsp3) is 0.457. The smallest absolute Gasteiger partial charge is 0.319 e. The minimum Gasteiger partial charge on any atom is -0.484 e. The fourth-order valence-corrected chi connectivity index (χ4v) is 7.39. The Balaban J connectivity index is 1.21. The van der Waals surface area contributed by atoms with Crippen molar-refractivity contribution in [2.75, 3.05) is 29.9 Å². The number of sulfonamides is 1. The SMILES string of the molecule is Cc1c(NC(=O)N[C@H]2CC[C@@H](Oc3ccc4nnc(C5(C)CCCN5C)n4c3)c3ccccc32)cc(C(C)(C)C)cc1NS(C)(=O)=O. The number of aromatic nitrogens is 3. The van der Waals surface area contributed by atoms with E-state index in [1.54, 1.807) is 6.92 Å². The lowest BCUT2D eigenvalue weighted by atomic mass is 9.85. The molecule has 0 saturated carbocycles. The van der Waals surface area contributed by atoms with Crippen LogP contribution in [-0.2, 0) is 21.0 Å². The standard InChI is InChI=1S/C35H45N7O4S/c1-22-28(19-23(34(2,3)4)20-29(22)40-47(7,44)45)37-33(43)36-27-14-15-30(26-12-9-8-11-25(26)27)46-24-13-16-31-38-39-32(42(31)21-24)35(5)17-10-18-41(35)6/h8-9,11-13,16,19-21,27,30,40H,10,14-15,17-18H2,1-7H3,(H2,36,37,43)/t27-,30+,35?/m0/s1. The Morgan fingerprint density at radius 2 is 1.77 bits per heavy atom. The van der Waals surface area contributed by atoms with Crippen molar-refractivity contribution in [3.63, 3.8) is 0 Å². The van der Waals surface area contributed by atoms with Crippen LogP contribution in [0.5, 0.6) is 5.75 Å². The third-order valence-electron chi connectivity index (χ3n) is 9.69. The molecular weight excluding hydrogens is 614 g/mol. The van der Waals surface area contributed by atoms with Gasteiger partial charge >= 0.3 is 6.03 Å². The van der Waals surface area contributed by atoms with Crippen molar-refractivity contribution in [3.05, 3.63) is 82.8 Å². The molecule has 12 heteroatoms. The van der Waals surface area contributed by atoms with E-state index in [1.807, 2.05) is 73.8 Å². The minimum absolute atomic E-state index is 0.187. The number of carbonyl (C=O) groups is 1. The maximum Gasteiger partial charge on any atom is 0.319 e. The first-order valence-electron chi connectivity index (χ1n) is 16.1. The molecular formula is C35H45N7O4S. The Kier molecular flexibility index (Phi) is 8.46. The van der Waals surface area contributed by atoms with E-state index >= 15 is 0 Å². The van der Waals surface area contributed by atoms with Gasteiger partial charge in [-0.15, -0.1) is 10.2 Å². The Hall–Kier alpha value is -4.16. The van der Waals surface area contributed by atoms with Gasteiger partial charge in [0.15, 0.2) is 11.5 Å². The molecule has 3 atom stereocenters. The highest BCUT2D eigenvalue weighted by Gasteiger charge is 2.40. The molecule has 3 N–H and O–H groups in total. The van der Waals surface area contributed by atoms with Crippen LogP contribution in [0.25, 0.3) is 5.65 Å². The average Bonchev–Trinajstić information content (AvgIpc) is 3.58. The Morgan fingerprint density at radius 3 is 2.45 bits per heavy atom. The number of hydrogen-bond donors (Lipinski definition) is 3. The largest absolute Gasteiger partial charge is 0.484 e. The molecule has 2 aromatic heterocycles. The molecule has 2 aromatic carbocycles. The summed E-state index contributed by atoms with van der Waals surface area (Å²) in [4.78, 5) is 15.8. The number of carbonyl (C=O) groups excluding carboxylic acids is 1. The van der Waals surface area contributed by atoms with Crippen LogP contribution < -0.4 is 20.1 Å². The normalized spacial score (nSPS) is 21.8. The van der Waals surface area contributed by atoms with E-state index in [4.69, 9.17) is 4.74 Å². The number of benzene rings is 2. The number of pyridine rings is 1. The zero-order valence-electron chi connectivity index (χ0n) is 28.2. The van der Waals surface area contributed by atoms with E-state index < -0.39 is 10.0 Å². The van der Waals surface area contributed by atoms with Crippen molar-refractivity contribution >= 4 is 33.1 Å². The number of nitrogens with one attached hydrogen (secondary N) is 3. The van der Waals surface area contributed by atoms with Crippen LogP contribution in [0, 0.1) is 6.92 Å². The van der Waals surface area contributed by atoms with Gasteiger partial charge in [0.2, 0.25) is 10.0 Å². The molecule has 250 valence electrons. The summed E-state index contributed by atoms with van der Waals surface area (Å²) >= 11 is 0. The van der Waals surface area contributed by atoms with Gasteiger partial charge in [-0.3, -0.25) is 14.0 Å². The van der Waals surface area contributed by atoms with Crippen molar-refractivity contribution in [1.29, 1.82) is 0 Å². The molecule has 0 radical (unpaired) electrons. The predicted octanol–water partition coefficient (Wildman–Crippen LogP) is 6.42. The second-order valence-corrected chi connectivity index (χ2v) is 15.9. The van der Waals surface area contributed by atoms with Crippen molar-refractivity contribution < 1.29 is 17.9 Å². The molecule has 47 heavy (non-hydrogen) atoms. The van der Waals surface area contributed by atoms with Crippen LogP contribution in [-0.4, -0.2) is 53.8 Å². The summed E-state index contributed by atoms with van der Waals surface area (Å²) in [6, 6.07) is 15.1. The Labute approximate surface area is 277 Å². The summed E-state index contributed by atoms with van der Waals surface area (Å²) in [6.45, 7) is 11.2. The third-order valence-corrected chi connectivity index (χ3v) is 10.3. The molecule has 4 aromatic rings. The quantitative estimate of drug-likeness (QED) is 0.209. The second kappa shape index (κ2) is 12.1. The number of likely N-dealkylation sites (tertiary alicyclic amines) is 1. The first kappa shape index (κ1) is 32.8. The molecule has 1 aliphatic heterocycles. The Bertz CT molecular complexity index is 1930. The van der Waals surface area contributed by atoms with Crippen LogP contribution in [0.1, 0.15) is 93.6 Å². The molecule has 1 saturated heterocycles. The van der Waals surface area contributed by atoms with Crippen LogP contribution in [0.15, 0.2) is 54.7 Å². The summed E-state index contributed by atoms with van der Waals surface area (Å²) in [5, 5.41) is 15.2. The van der Waals surface area contributed by atoms with Crippen LogP contribution in [0.3, 0.4) is 0 Å². The molecule has 2 amide bonds. The lowest BCUT2D eigenvalue weighted by Gasteiger charge is -2.32. The van der Waals surface area contributed by atoms with Crippen molar-refractivity contribution in [2.24, 2.45) is 0 Å². The number of nitrogens with zero attached hydrogens (tertiary/aromatic N) is 4. The maximum absolute atomic E-state index is 13.5. The minimum atomic E-state index is -3.51. The van der Waals surface area contributed by atoms with Crippen molar-refractivity contribution in [1.82, 2.24) is 24.8 Å². The van der Waals surface area contributed by atoms with Crippen LogP contribution in [0.4, 0.5) is 16.2 Å².